The van der Waals surface area contributed by atoms with Gasteiger partial charge in [0, 0.05) is 29.1 Å². The van der Waals surface area contributed by atoms with E-state index >= 15 is 0 Å². The number of carbonyl (C=O) groups excluding carboxylic acids is 1. The van der Waals surface area contributed by atoms with Crippen LogP contribution in [0.1, 0.15) is 5.69 Å². The first-order valence-electron chi connectivity index (χ1n) is 6.94. The molecule has 1 aromatic heterocycles. The second-order valence-corrected chi connectivity index (χ2v) is 7.09. The van der Waals surface area contributed by atoms with E-state index in [4.69, 9.17) is 5.73 Å². The highest BCUT2D eigenvalue weighted by atomic mass is 32.2. The summed E-state index contributed by atoms with van der Waals surface area (Å²) in [7, 11) is 0. The highest BCUT2D eigenvalue weighted by molar-refractivity contribution is 7.97. The SMILES string of the molecule is Nc1ccc(SN2CCN(c3nc(C(F)(F)F)cs3)C(=O)C2)cc1. The molecule has 2 aromatic rings. The fourth-order valence-corrected chi connectivity index (χ4v) is 3.91. The molecule has 0 radical (unpaired) electrons. The van der Waals surface area contributed by atoms with Gasteiger partial charge in [0.2, 0.25) is 5.91 Å². The molecule has 2 N–H and O–H groups in total. The first-order chi connectivity index (χ1) is 11.3. The molecule has 0 bridgehead atoms. The summed E-state index contributed by atoms with van der Waals surface area (Å²) in [5, 5.41) is 1.02. The van der Waals surface area contributed by atoms with Crippen LogP contribution in [0.15, 0.2) is 34.5 Å². The Morgan fingerprint density at radius 2 is 1.92 bits per heavy atom. The van der Waals surface area contributed by atoms with Gasteiger partial charge in [0.05, 0.1) is 6.54 Å². The van der Waals surface area contributed by atoms with E-state index in [1.54, 1.807) is 12.1 Å². The fraction of sp³-hybridized carbons (Fsp3) is 0.286. The number of anilines is 2. The third-order valence-electron chi connectivity index (χ3n) is 3.31. The van der Waals surface area contributed by atoms with Gasteiger partial charge < -0.3 is 5.73 Å². The summed E-state index contributed by atoms with van der Waals surface area (Å²) in [6.45, 7) is 0.934. The van der Waals surface area contributed by atoms with E-state index in [-0.39, 0.29) is 17.6 Å². The predicted molar refractivity (Wildman–Crippen MR) is 87.8 cm³/mol. The predicted octanol–water partition coefficient (Wildman–Crippen LogP) is 3.10. The van der Waals surface area contributed by atoms with Crippen molar-refractivity contribution < 1.29 is 18.0 Å². The van der Waals surface area contributed by atoms with Gasteiger partial charge in [0.15, 0.2) is 10.8 Å². The molecule has 1 aromatic carbocycles. The number of hydrogen-bond donors (Lipinski definition) is 1. The number of rotatable bonds is 3. The Hall–Kier alpha value is -1.78. The molecule has 3 rings (SSSR count). The van der Waals surface area contributed by atoms with E-state index in [0.717, 1.165) is 21.6 Å². The zero-order valence-electron chi connectivity index (χ0n) is 12.3. The maximum Gasteiger partial charge on any atom is 0.434 e. The Morgan fingerprint density at radius 1 is 1.21 bits per heavy atom. The summed E-state index contributed by atoms with van der Waals surface area (Å²) in [6.07, 6.45) is -4.50. The minimum Gasteiger partial charge on any atom is -0.399 e. The van der Waals surface area contributed by atoms with Gasteiger partial charge in [-0.1, -0.05) is 0 Å². The lowest BCUT2D eigenvalue weighted by molar-refractivity contribution is -0.140. The number of benzene rings is 1. The summed E-state index contributed by atoms with van der Waals surface area (Å²) in [4.78, 5) is 18.0. The average Bonchev–Trinajstić information content (AvgIpc) is 2.99. The molecule has 2 heterocycles. The zero-order chi connectivity index (χ0) is 17.3. The lowest BCUT2D eigenvalue weighted by atomic mass is 10.3. The van der Waals surface area contributed by atoms with E-state index in [1.165, 1.54) is 16.8 Å². The first-order valence-corrected chi connectivity index (χ1v) is 8.60. The van der Waals surface area contributed by atoms with Crippen molar-refractivity contribution in [3.8, 4) is 0 Å². The number of nitrogens with zero attached hydrogens (tertiary/aromatic N) is 3. The Bertz CT molecular complexity index is 732. The monoisotopic (exact) mass is 374 g/mol. The van der Waals surface area contributed by atoms with Crippen molar-refractivity contribution in [1.82, 2.24) is 9.29 Å². The van der Waals surface area contributed by atoms with Gasteiger partial charge in [-0.3, -0.25) is 9.69 Å². The summed E-state index contributed by atoms with van der Waals surface area (Å²) in [5.74, 6) is -0.271. The number of halogens is 3. The van der Waals surface area contributed by atoms with Crippen molar-refractivity contribution in [3.05, 3.63) is 35.3 Å². The standard InChI is InChI=1S/C14H13F3N4OS2/c15-14(16,17)11-8-23-13(19-11)21-6-5-20(7-12(21)22)24-10-3-1-9(18)2-4-10/h1-4,8H,5-7,18H2. The smallest absolute Gasteiger partial charge is 0.399 e. The molecule has 128 valence electrons. The number of alkyl halides is 3. The third-order valence-corrected chi connectivity index (χ3v) is 5.23. The molecule has 1 aliphatic rings. The molecule has 1 amide bonds. The lowest BCUT2D eigenvalue weighted by Gasteiger charge is -2.31. The second-order valence-electron chi connectivity index (χ2n) is 5.08. The van der Waals surface area contributed by atoms with Crippen LogP contribution >= 0.6 is 23.3 Å². The maximum absolute atomic E-state index is 12.6. The second kappa shape index (κ2) is 6.61. The highest BCUT2D eigenvalue weighted by Gasteiger charge is 2.35. The maximum atomic E-state index is 12.6. The number of hydrogen-bond acceptors (Lipinski definition) is 6. The normalized spacial score (nSPS) is 16.6. The van der Waals surface area contributed by atoms with Crippen LogP contribution in [0.3, 0.4) is 0 Å². The summed E-state index contributed by atoms with van der Waals surface area (Å²) in [6, 6.07) is 7.25. The van der Waals surface area contributed by atoms with Gasteiger partial charge in [-0.25, -0.2) is 9.29 Å². The Balaban J connectivity index is 1.64. The highest BCUT2D eigenvalue weighted by Crippen LogP contribution is 2.34. The minimum atomic E-state index is -4.50. The zero-order valence-corrected chi connectivity index (χ0v) is 13.9. The van der Waals surface area contributed by atoms with Gasteiger partial charge in [-0.05, 0) is 36.2 Å². The molecule has 0 aliphatic carbocycles. The lowest BCUT2D eigenvalue weighted by Crippen LogP contribution is -2.48. The number of aromatic nitrogens is 1. The molecule has 10 heteroatoms. The topological polar surface area (TPSA) is 62.5 Å². The number of carbonyl (C=O) groups is 1. The molecule has 24 heavy (non-hydrogen) atoms. The van der Waals surface area contributed by atoms with Crippen molar-refractivity contribution in [2.45, 2.75) is 11.1 Å². The summed E-state index contributed by atoms with van der Waals surface area (Å²) in [5.41, 5.74) is 5.32. The molecular formula is C14H13F3N4OS2. The molecule has 0 saturated carbocycles. The number of thiazole rings is 1. The number of nitrogens with two attached hydrogens (primary N) is 1. The van der Waals surface area contributed by atoms with Gasteiger partial charge in [-0.2, -0.15) is 13.2 Å². The van der Waals surface area contributed by atoms with E-state index < -0.39 is 11.9 Å². The van der Waals surface area contributed by atoms with Crippen LogP contribution in [-0.4, -0.2) is 34.8 Å². The summed E-state index contributed by atoms with van der Waals surface area (Å²) < 4.78 is 39.7. The average molecular weight is 374 g/mol. The first kappa shape index (κ1) is 17.1. The third kappa shape index (κ3) is 3.82. The minimum absolute atomic E-state index is 0.0875. The molecule has 5 nitrogen and oxygen atoms in total. The Labute approximate surface area is 144 Å². The van der Waals surface area contributed by atoms with E-state index in [2.05, 4.69) is 4.98 Å². The molecular weight excluding hydrogens is 361 g/mol. The Morgan fingerprint density at radius 3 is 2.50 bits per heavy atom. The van der Waals surface area contributed by atoms with Crippen molar-refractivity contribution in [2.75, 3.05) is 30.3 Å². The summed E-state index contributed by atoms with van der Waals surface area (Å²) >= 11 is 2.25. The van der Waals surface area contributed by atoms with Crippen LogP contribution < -0.4 is 10.6 Å². The Kier molecular flexibility index (Phi) is 4.70. The van der Waals surface area contributed by atoms with E-state index in [0.29, 0.717) is 18.8 Å². The molecule has 0 atom stereocenters. The molecule has 1 aliphatic heterocycles. The van der Waals surface area contributed by atoms with Crippen LogP contribution in [0, 0.1) is 0 Å². The van der Waals surface area contributed by atoms with Crippen LogP contribution in [0.5, 0.6) is 0 Å². The number of nitrogen functional groups attached to an aromatic ring is 1. The quantitative estimate of drug-likeness (QED) is 0.661. The molecule has 1 saturated heterocycles. The van der Waals surface area contributed by atoms with Crippen LogP contribution in [0.2, 0.25) is 0 Å². The van der Waals surface area contributed by atoms with Crippen molar-refractivity contribution >= 4 is 40.0 Å². The largest absolute Gasteiger partial charge is 0.434 e. The van der Waals surface area contributed by atoms with Gasteiger partial charge in [-0.15, -0.1) is 11.3 Å². The van der Waals surface area contributed by atoms with Crippen LogP contribution in [0.25, 0.3) is 0 Å². The number of piperazine rings is 1. The number of amides is 1. The van der Waals surface area contributed by atoms with E-state index in [9.17, 15) is 18.0 Å². The van der Waals surface area contributed by atoms with Gasteiger partial charge >= 0.3 is 6.18 Å². The van der Waals surface area contributed by atoms with Crippen LogP contribution in [0.4, 0.5) is 24.0 Å². The van der Waals surface area contributed by atoms with Crippen LogP contribution in [-0.2, 0) is 11.0 Å². The van der Waals surface area contributed by atoms with E-state index in [1.807, 2.05) is 16.4 Å². The van der Waals surface area contributed by atoms with Crippen molar-refractivity contribution in [2.24, 2.45) is 0 Å². The van der Waals surface area contributed by atoms with Gasteiger partial charge in [0.1, 0.15) is 0 Å². The van der Waals surface area contributed by atoms with Gasteiger partial charge in [0.25, 0.3) is 0 Å². The molecule has 0 unspecified atom stereocenters. The van der Waals surface area contributed by atoms with Crippen molar-refractivity contribution in [3.63, 3.8) is 0 Å². The molecule has 0 spiro atoms. The molecule has 1 fully saturated rings. The van der Waals surface area contributed by atoms with Crippen molar-refractivity contribution in [1.29, 1.82) is 0 Å². The fourth-order valence-electron chi connectivity index (χ4n) is 2.13.